The van der Waals surface area contributed by atoms with E-state index in [1.54, 1.807) is 12.1 Å². The first-order chi connectivity index (χ1) is 15.5. The summed E-state index contributed by atoms with van der Waals surface area (Å²) >= 11 is 5.73. The molecular weight excluding hydrogens is 446 g/mol. The molecule has 0 aliphatic carbocycles. The van der Waals surface area contributed by atoms with Gasteiger partial charge >= 0.3 is 0 Å². The fourth-order valence-corrected chi connectivity index (χ4v) is 3.12. The van der Waals surface area contributed by atoms with Gasteiger partial charge in [0.15, 0.2) is 23.1 Å². The highest BCUT2D eigenvalue weighted by Gasteiger charge is 2.15. The summed E-state index contributed by atoms with van der Waals surface area (Å²) in [4.78, 5) is 7.56. The Morgan fingerprint density at radius 2 is 1.31 bits per heavy atom. The van der Waals surface area contributed by atoms with Crippen molar-refractivity contribution >= 4 is 11.6 Å². The number of ether oxygens (including phenoxy) is 2. The fourth-order valence-electron chi connectivity index (χ4n) is 2.87. The molecule has 2 aromatic heterocycles. The van der Waals surface area contributed by atoms with Crippen LogP contribution in [0.25, 0.3) is 11.4 Å². The first kappa shape index (κ1) is 23.1. The maximum Gasteiger partial charge on any atom is 0.172 e. The van der Waals surface area contributed by atoms with Gasteiger partial charge in [0.2, 0.25) is 0 Å². The number of nitrogens with zero attached hydrogens (tertiary/aromatic N) is 6. The van der Waals surface area contributed by atoms with E-state index in [4.69, 9.17) is 26.2 Å². The zero-order valence-corrected chi connectivity index (χ0v) is 17.9. The Morgan fingerprint density at radius 1 is 0.844 bits per heavy atom. The summed E-state index contributed by atoms with van der Waals surface area (Å²) in [6.45, 7) is -0.432. The predicted molar refractivity (Wildman–Crippen MR) is 111 cm³/mol. The van der Waals surface area contributed by atoms with E-state index in [1.807, 2.05) is 0 Å². The Morgan fingerprint density at radius 3 is 1.69 bits per heavy atom. The molecule has 0 spiro atoms. The SMILES string of the molecule is COc1ccc(-n2cncn2)c(CCl)c1F.COc1ccc(-n2cncn2)c(CO)c1F. The highest BCUT2D eigenvalue weighted by molar-refractivity contribution is 6.17. The molecule has 1 N–H and O–H groups in total. The molecule has 0 fully saturated rings. The van der Waals surface area contributed by atoms with E-state index < -0.39 is 18.2 Å². The van der Waals surface area contributed by atoms with E-state index in [-0.39, 0.29) is 22.9 Å². The number of aliphatic hydroxyl groups is 1. The number of halogens is 3. The molecule has 9 nitrogen and oxygen atoms in total. The van der Waals surface area contributed by atoms with Crippen LogP contribution in [-0.2, 0) is 12.5 Å². The first-order valence-corrected chi connectivity index (χ1v) is 9.66. The van der Waals surface area contributed by atoms with Crippen LogP contribution in [0.1, 0.15) is 11.1 Å². The Balaban J connectivity index is 0.000000181. The van der Waals surface area contributed by atoms with E-state index >= 15 is 0 Å². The van der Waals surface area contributed by atoms with Crippen LogP contribution in [0.4, 0.5) is 8.78 Å². The van der Waals surface area contributed by atoms with Crippen LogP contribution in [0.5, 0.6) is 11.5 Å². The molecule has 0 bridgehead atoms. The molecule has 0 saturated carbocycles. The van der Waals surface area contributed by atoms with Gasteiger partial charge in [-0.3, -0.25) is 0 Å². The van der Waals surface area contributed by atoms with Crippen molar-refractivity contribution < 1.29 is 23.4 Å². The number of benzene rings is 2. The zero-order chi connectivity index (χ0) is 23.1. The Labute approximate surface area is 186 Å². The van der Waals surface area contributed by atoms with Gasteiger partial charge in [-0.1, -0.05) is 0 Å². The minimum atomic E-state index is -0.585. The smallest absolute Gasteiger partial charge is 0.172 e. The number of hydrogen-bond acceptors (Lipinski definition) is 7. The molecule has 0 unspecified atom stereocenters. The molecule has 0 amide bonds. The average molecular weight is 465 g/mol. The van der Waals surface area contributed by atoms with Crippen LogP contribution in [0.15, 0.2) is 49.6 Å². The maximum absolute atomic E-state index is 13.9. The fraction of sp³-hybridized carbons (Fsp3) is 0.200. The summed E-state index contributed by atoms with van der Waals surface area (Å²) in [5, 5.41) is 17.0. The molecule has 0 saturated heterocycles. The van der Waals surface area contributed by atoms with Crippen LogP contribution in [0.2, 0.25) is 0 Å². The van der Waals surface area contributed by atoms with Crippen molar-refractivity contribution in [3.05, 3.63) is 72.3 Å². The van der Waals surface area contributed by atoms with Gasteiger partial charge in [-0.2, -0.15) is 10.2 Å². The van der Waals surface area contributed by atoms with Crippen molar-refractivity contribution in [2.75, 3.05) is 14.2 Å². The van der Waals surface area contributed by atoms with Gasteiger partial charge in [-0.15, -0.1) is 11.6 Å². The molecule has 0 atom stereocenters. The molecule has 4 rings (SSSR count). The van der Waals surface area contributed by atoms with Crippen molar-refractivity contribution in [3.63, 3.8) is 0 Å². The second kappa shape index (κ2) is 10.6. The Kier molecular flexibility index (Phi) is 7.68. The third kappa shape index (κ3) is 4.68. The van der Waals surface area contributed by atoms with Crippen LogP contribution < -0.4 is 9.47 Å². The summed E-state index contributed by atoms with van der Waals surface area (Å²) in [5.41, 5.74) is 1.47. The molecule has 168 valence electrons. The van der Waals surface area contributed by atoms with Gasteiger partial charge in [0.1, 0.15) is 25.3 Å². The maximum atomic E-state index is 13.9. The van der Waals surface area contributed by atoms with Crippen molar-refractivity contribution in [2.24, 2.45) is 0 Å². The molecule has 0 aliphatic rings. The quantitative estimate of drug-likeness (QED) is 0.438. The number of aliphatic hydroxyl groups excluding tert-OH is 1. The lowest BCUT2D eigenvalue weighted by molar-refractivity contribution is 0.272. The van der Waals surface area contributed by atoms with Crippen molar-refractivity contribution in [3.8, 4) is 22.9 Å². The summed E-state index contributed by atoms with van der Waals surface area (Å²) < 4.78 is 40.2. The van der Waals surface area contributed by atoms with Crippen LogP contribution in [0.3, 0.4) is 0 Å². The lowest BCUT2D eigenvalue weighted by atomic mass is 10.1. The second-order valence-corrected chi connectivity index (χ2v) is 6.40. The standard InChI is InChI=1S/C10H9ClFN3O.C10H10FN3O2/c1-16-9-3-2-8(7(4-11)10(9)12)15-6-13-5-14-15;1-16-9-3-2-8(7(4-15)10(9)11)14-6-12-5-13-14/h2-3,5-6H,4H2,1H3;2-3,5-6,15H,4H2,1H3. The molecule has 32 heavy (non-hydrogen) atoms. The van der Waals surface area contributed by atoms with E-state index in [1.165, 1.54) is 61.0 Å². The highest BCUT2D eigenvalue weighted by atomic mass is 35.5. The second-order valence-electron chi connectivity index (χ2n) is 6.13. The summed E-state index contributed by atoms with van der Waals surface area (Å²) in [7, 11) is 2.78. The van der Waals surface area contributed by atoms with Gasteiger partial charge in [-0.05, 0) is 24.3 Å². The molecule has 2 aromatic carbocycles. The molecule has 4 aromatic rings. The summed E-state index contributed by atoms with van der Waals surface area (Å²) in [6.07, 6.45) is 5.63. The monoisotopic (exact) mass is 464 g/mol. The van der Waals surface area contributed by atoms with E-state index in [2.05, 4.69) is 20.2 Å². The van der Waals surface area contributed by atoms with E-state index in [0.29, 0.717) is 16.9 Å². The summed E-state index contributed by atoms with van der Waals surface area (Å²) in [5.74, 6) is -0.756. The van der Waals surface area contributed by atoms with Crippen molar-refractivity contribution in [1.29, 1.82) is 0 Å². The predicted octanol–water partition coefficient (Wildman–Crippen LogP) is 3.06. The zero-order valence-electron chi connectivity index (χ0n) is 17.1. The normalized spacial score (nSPS) is 10.4. The third-order valence-corrected chi connectivity index (χ3v) is 4.70. The van der Waals surface area contributed by atoms with Crippen LogP contribution in [-0.4, -0.2) is 48.9 Å². The van der Waals surface area contributed by atoms with Crippen LogP contribution in [0, 0.1) is 11.6 Å². The van der Waals surface area contributed by atoms with Crippen LogP contribution >= 0.6 is 11.6 Å². The molecule has 2 heterocycles. The van der Waals surface area contributed by atoms with Gasteiger partial charge in [0.25, 0.3) is 0 Å². The van der Waals surface area contributed by atoms with Gasteiger partial charge in [0.05, 0.1) is 38.1 Å². The van der Waals surface area contributed by atoms with Crippen molar-refractivity contribution in [1.82, 2.24) is 29.5 Å². The van der Waals surface area contributed by atoms with E-state index in [9.17, 15) is 8.78 Å². The van der Waals surface area contributed by atoms with E-state index in [0.717, 1.165) is 0 Å². The number of rotatable bonds is 6. The molecule has 0 aliphatic heterocycles. The molecular formula is C20H19ClF2N6O3. The number of hydrogen-bond donors (Lipinski definition) is 1. The average Bonchev–Trinajstić information content (AvgIpc) is 3.53. The Hall–Kier alpha value is -3.57. The lowest BCUT2D eigenvalue weighted by Crippen LogP contribution is -2.04. The first-order valence-electron chi connectivity index (χ1n) is 9.13. The molecule has 0 radical (unpaired) electrons. The topological polar surface area (TPSA) is 100 Å². The minimum Gasteiger partial charge on any atom is -0.494 e. The third-order valence-electron chi connectivity index (χ3n) is 4.43. The number of aromatic nitrogens is 6. The largest absolute Gasteiger partial charge is 0.494 e. The highest BCUT2D eigenvalue weighted by Crippen LogP contribution is 2.27. The summed E-state index contributed by atoms with van der Waals surface area (Å²) in [6, 6.07) is 6.31. The number of alkyl halides is 1. The van der Waals surface area contributed by atoms with Gasteiger partial charge in [-0.25, -0.2) is 28.1 Å². The lowest BCUT2D eigenvalue weighted by Gasteiger charge is -2.10. The van der Waals surface area contributed by atoms with Crippen molar-refractivity contribution in [2.45, 2.75) is 12.5 Å². The Bertz CT molecular complexity index is 1070. The number of methoxy groups -OCH3 is 2. The van der Waals surface area contributed by atoms with Gasteiger partial charge < -0.3 is 14.6 Å². The molecule has 12 heteroatoms. The minimum absolute atomic E-state index is 0.0399. The van der Waals surface area contributed by atoms with Gasteiger partial charge in [0, 0.05) is 11.1 Å².